The summed E-state index contributed by atoms with van der Waals surface area (Å²) in [7, 11) is -2.75. The van der Waals surface area contributed by atoms with Crippen molar-refractivity contribution in [1.29, 1.82) is 0 Å². The maximum Gasteiger partial charge on any atom is 0.261 e. The second-order valence-corrected chi connectivity index (χ2v) is 21.2. The Kier molecular flexibility index (Phi) is 13.3. The van der Waals surface area contributed by atoms with Gasteiger partial charge in [-0.1, -0.05) is 126 Å². The van der Waals surface area contributed by atoms with Crippen LogP contribution in [-0.4, -0.2) is 85.6 Å². The lowest BCUT2D eigenvalue weighted by Crippen LogP contribution is -2.66. The van der Waals surface area contributed by atoms with Gasteiger partial charge in [0.15, 0.2) is 0 Å². The summed E-state index contributed by atoms with van der Waals surface area (Å²) in [5, 5.41) is 18.5. The number of thiazole rings is 1. The number of hydrogen-bond acceptors (Lipinski definition) is 8. The van der Waals surface area contributed by atoms with E-state index >= 15 is 0 Å². The van der Waals surface area contributed by atoms with Gasteiger partial charge in [0, 0.05) is 19.5 Å². The van der Waals surface area contributed by atoms with Gasteiger partial charge in [-0.2, -0.15) is 0 Å². The predicted molar refractivity (Wildman–Crippen MR) is 216 cm³/mol. The number of aromatic nitrogens is 1. The molecular weight excluding hydrogens is 717 g/mol. The second kappa shape index (κ2) is 17.5. The van der Waals surface area contributed by atoms with Gasteiger partial charge in [0.05, 0.1) is 35.4 Å². The Bertz CT molecular complexity index is 1820. The van der Waals surface area contributed by atoms with Crippen LogP contribution in [0.1, 0.15) is 59.2 Å². The molecule has 1 aliphatic rings. The van der Waals surface area contributed by atoms with Crippen molar-refractivity contribution in [3.8, 4) is 10.4 Å². The highest BCUT2D eigenvalue weighted by Gasteiger charge is 2.50. The maximum atomic E-state index is 14.0. The molecule has 1 fully saturated rings. The number of aliphatic hydroxyl groups is 1. The minimum Gasteiger partial charge on any atom is -0.405 e. The van der Waals surface area contributed by atoms with E-state index in [-0.39, 0.29) is 50.3 Å². The van der Waals surface area contributed by atoms with Gasteiger partial charge in [-0.3, -0.25) is 14.4 Å². The van der Waals surface area contributed by atoms with Crippen molar-refractivity contribution >= 4 is 47.7 Å². The highest BCUT2D eigenvalue weighted by molar-refractivity contribution is 7.13. The van der Waals surface area contributed by atoms with E-state index in [4.69, 9.17) is 9.16 Å². The molecule has 3 aromatic carbocycles. The van der Waals surface area contributed by atoms with Crippen LogP contribution in [-0.2, 0) is 30.1 Å². The van der Waals surface area contributed by atoms with Crippen LogP contribution in [0.5, 0.6) is 0 Å². The molecule has 0 unspecified atom stereocenters. The normalized spacial score (nSPS) is 16.9. The third kappa shape index (κ3) is 9.53. The number of amides is 3. The van der Waals surface area contributed by atoms with E-state index in [1.807, 2.05) is 93.9 Å². The zero-order chi connectivity index (χ0) is 39.1. The summed E-state index contributed by atoms with van der Waals surface area (Å²) in [4.78, 5) is 47.6. The van der Waals surface area contributed by atoms with Crippen LogP contribution in [0.3, 0.4) is 0 Å². The Morgan fingerprint density at radius 1 is 0.926 bits per heavy atom. The number of benzene rings is 3. The molecule has 0 saturated carbocycles. The van der Waals surface area contributed by atoms with Crippen molar-refractivity contribution in [1.82, 2.24) is 20.5 Å². The Labute approximate surface area is 324 Å². The Balaban J connectivity index is 1.18. The number of rotatable bonds is 14. The van der Waals surface area contributed by atoms with E-state index < -0.39 is 43.7 Å². The van der Waals surface area contributed by atoms with Gasteiger partial charge < -0.3 is 29.8 Å². The third-order valence-electron chi connectivity index (χ3n) is 9.91. The standard InChI is InChI=1S/C42H54N4O6SSi/c1-29-37(53-28-44-29)31-20-18-30(19-21-31)25-43-39(49)35-24-32(47)26-46(35)40(50)38(41(2,3)4)45-36(48)27-51-22-23-52-54(42(5,6)7,33-14-10-8-11-15-33)34-16-12-9-13-17-34/h8-21,28,32,35,38,47H,22-27H2,1-7H3,(H,43,49)(H,45,48)/t32-,35+,38-/m1/s1. The van der Waals surface area contributed by atoms with Gasteiger partial charge >= 0.3 is 0 Å². The number of likely N-dealkylation sites (tertiary alicyclic amines) is 1. The van der Waals surface area contributed by atoms with Gasteiger partial charge in [0.25, 0.3) is 8.32 Å². The fourth-order valence-corrected chi connectivity index (χ4v) is 12.5. The number of nitrogens with zero attached hydrogens (tertiary/aromatic N) is 2. The quantitative estimate of drug-likeness (QED) is 0.124. The topological polar surface area (TPSA) is 130 Å². The minimum absolute atomic E-state index is 0.00164. The molecule has 0 bridgehead atoms. The lowest BCUT2D eigenvalue weighted by atomic mass is 9.85. The third-order valence-corrected chi connectivity index (χ3v) is 15.9. The number of aliphatic hydroxyl groups excluding tert-OH is 1. The van der Waals surface area contributed by atoms with Crippen molar-refractivity contribution in [3.63, 3.8) is 0 Å². The van der Waals surface area contributed by atoms with Crippen LogP contribution in [0, 0.1) is 12.3 Å². The largest absolute Gasteiger partial charge is 0.405 e. The van der Waals surface area contributed by atoms with Gasteiger partial charge in [0.2, 0.25) is 17.7 Å². The molecule has 1 saturated heterocycles. The zero-order valence-electron chi connectivity index (χ0n) is 32.4. The fraction of sp³-hybridized carbons (Fsp3) is 0.429. The fourth-order valence-electron chi connectivity index (χ4n) is 7.16. The van der Waals surface area contributed by atoms with Crippen molar-refractivity contribution in [2.24, 2.45) is 5.41 Å². The van der Waals surface area contributed by atoms with Gasteiger partial charge in [-0.05, 0) is 38.9 Å². The summed E-state index contributed by atoms with van der Waals surface area (Å²) < 4.78 is 12.7. The summed E-state index contributed by atoms with van der Waals surface area (Å²) in [5.74, 6) is -1.23. The monoisotopic (exact) mass is 770 g/mol. The number of carbonyl (C=O) groups excluding carboxylic acids is 3. The smallest absolute Gasteiger partial charge is 0.261 e. The number of nitrogens with one attached hydrogen (secondary N) is 2. The van der Waals surface area contributed by atoms with Crippen molar-refractivity contribution in [2.45, 2.75) is 84.7 Å². The van der Waals surface area contributed by atoms with Crippen molar-refractivity contribution < 1.29 is 28.7 Å². The lowest BCUT2D eigenvalue weighted by molar-refractivity contribution is -0.144. The van der Waals surface area contributed by atoms with E-state index in [1.54, 1.807) is 11.3 Å². The summed E-state index contributed by atoms with van der Waals surface area (Å²) in [5.41, 5.74) is 4.07. The summed E-state index contributed by atoms with van der Waals surface area (Å²) in [6.45, 7) is 14.6. The Hall–Kier alpha value is -4.20. The average Bonchev–Trinajstić information content (AvgIpc) is 3.76. The minimum atomic E-state index is -2.75. The molecule has 1 aliphatic heterocycles. The molecule has 3 atom stereocenters. The van der Waals surface area contributed by atoms with E-state index in [9.17, 15) is 19.5 Å². The van der Waals surface area contributed by atoms with Gasteiger partial charge in [0.1, 0.15) is 18.7 Å². The van der Waals surface area contributed by atoms with Crippen LogP contribution < -0.4 is 21.0 Å². The molecule has 0 spiro atoms. The van der Waals surface area contributed by atoms with Gasteiger partial charge in [-0.15, -0.1) is 11.3 Å². The molecule has 0 radical (unpaired) electrons. The molecule has 5 rings (SSSR count). The first-order valence-electron chi connectivity index (χ1n) is 18.5. The zero-order valence-corrected chi connectivity index (χ0v) is 34.2. The first kappa shape index (κ1) is 41.0. The van der Waals surface area contributed by atoms with Crippen molar-refractivity contribution in [3.05, 3.63) is 102 Å². The first-order valence-corrected chi connectivity index (χ1v) is 21.3. The van der Waals surface area contributed by atoms with Crippen LogP contribution in [0.2, 0.25) is 5.04 Å². The number of carbonyl (C=O) groups is 3. The molecule has 12 heteroatoms. The first-order chi connectivity index (χ1) is 25.6. The lowest BCUT2D eigenvalue weighted by Gasteiger charge is -2.43. The average molecular weight is 771 g/mol. The SMILES string of the molecule is Cc1ncsc1-c1ccc(CNC(=O)[C@@H]2C[C@@H](O)CN2C(=O)[C@@H](NC(=O)COCCO[Si](c2ccccc2)(c2ccccc2)C(C)(C)C)C(C)(C)C)cc1. The number of β-amino-alcohol motifs (C(OH)–C–C–N with tert-alkyl or cyclic N) is 1. The second-order valence-electron chi connectivity index (χ2n) is 16.0. The molecule has 4 aromatic rings. The van der Waals surface area contributed by atoms with E-state index in [0.717, 1.165) is 32.1 Å². The molecule has 3 amide bonds. The highest BCUT2D eigenvalue weighted by atomic mass is 32.1. The maximum absolute atomic E-state index is 14.0. The molecule has 0 aliphatic carbocycles. The molecule has 10 nitrogen and oxygen atoms in total. The number of aryl methyl sites for hydroxylation is 1. The van der Waals surface area contributed by atoms with Crippen LogP contribution >= 0.6 is 11.3 Å². The molecule has 3 N–H and O–H groups in total. The number of hydrogen-bond donors (Lipinski definition) is 3. The van der Waals surface area contributed by atoms with Crippen LogP contribution in [0.25, 0.3) is 10.4 Å². The van der Waals surface area contributed by atoms with Crippen molar-refractivity contribution in [2.75, 3.05) is 26.4 Å². The molecular formula is C42H54N4O6SSi. The van der Waals surface area contributed by atoms with E-state index in [1.165, 1.54) is 4.90 Å². The Morgan fingerprint density at radius 2 is 1.54 bits per heavy atom. The summed E-state index contributed by atoms with van der Waals surface area (Å²) in [6.07, 6.45) is -0.748. The van der Waals surface area contributed by atoms with Crippen LogP contribution in [0.15, 0.2) is 90.4 Å². The van der Waals surface area contributed by atoms with E-state index in [2.05, 4.69) is 60.7 Å². The van der Waals surface area contributed by atoms with E-state index in [0.29, 0.717) is 0 Å². The molecule has 288 valence electrons. The molecule has 54 heavy (non-hydrogen) atoms. The number of ether oxygens (including phenoxy) is 1. The van der Waals surface area contributed by atoms with Crippen LogP contribution in [0.4, 0.5) is 0 Å². The van der Waals surface area contributed by atoms with Gasteiger partial charge in [-0.25, -0.2) is 4.98 Å². The summed E-state index contributed by atoms with van der Waals surface area (Å²) >= 11 is 1.58. The highest BCUT2D eigenvalue weighted by Crippen LogP contribution is 2.36. The predicted octanol–water partition coefficient (Wildman–Crippen LogP) is 4.82. The summed E-state index contributed by atoms with van der Waals surface area (Å²) in [6, 6.07) is 26.7. The molecule has 2 heterocycles. The Morgan fingerprint density at radius 3 is 2.07 bits per heavy atom. The molecule has 1 aromatic heterocycles.